The summed E-state index contributed by atoms with van der Waals surface area (Å²) in [5.74, 6) is -0.792. The first-order valence-corrected chi connectivity index (χ1v) is 7.14. The Labute approximate surface area is 123 Å². The van der Waals surface area contributed by atoms with Gasteiger partial charge in [-0.1, -0.05) is 15.9 Å². The van der Waals surface area contributed by atoms with Crippen LogP contribution < -0.4 is 11.5 Å². The van der Waals surface area contributed by atoms with Gasteiger partial charge in [-0.3, -0.25) is 14.3 Å². The number of halogens is 1. The number of primary amides is 1. The van der Waals surface area contributed by atoms with E-state index in [0.717, 1.165) is 23.0 Å². The summed E-state index contributed by atoms with van der Waals surface area (Å²) in [5.41, 5.74) is 6.61. The maximum atomic E-state index is 11.9. The normalized spacial score (nSPS) is 19.8. The molecule has 106 valence electrons. The Balaban J connectivity index is 1.87. The molecule has 1 aromatic carbocycles. The molecule has 1 amide bonds. The highest BCUT2D eigenvalue weighted by Crippen LogP contribution is 2.21. The van der Waals surface area contributed by atoms with E-state index in [0.29, 0.717) is 18.8 Å². The Kier molecular flexibility index (Phi) is 3.39. The third kappa shape index (κ3) is 2.38. The molecule has 2 N–H and O–H groups in total. The molecule has 2 aromatic rings. The van der Waals surface area contributed by atoms with E-state index >= 15 is 0 Å². The van der Waals surface area contributed by atoms with Gasteiger partial charge in [-0.15, -0.1) is 0 Å². The monoisotopic (exact) mass is 339 g/mol. The molecule has 0 saturated carbocycles. The van der Waals surface area contributed by atoms with E-state index in [1.165, 1.54) is 0 Å². The van der Waals surface area contributed by atoms with Crippen LogP contribution in [-0.2, 0) is 11.5 Å². The maximum Gasteiger partial charge on any atom is 0.421 e. The summed E-state index contributed by atoms with van der Waals surface area (Å²) in [6, 6.07) is 5.47. The number of nitrogens with two attached hydrogens (primary N) is 1. The molecule has 1 aromatic heterocycles. The summed E-state index contributed by atoms with van der Waals surface area (Å²) in [5, 5.41) is 0. The van der Waals surface area contributed by atoms with Crippen LogP contribution in [0.3, 0.4) is 0 Å². The molecule has 1 atom stereocenters. The Morgan fingerprint density at radius 1 is 1.50 bits per heavy atom. The molecule has 0 aliphatic carbocycles. The molecule has 1 aliphatic rings. The lowest BCUT2D eigenvalue weighted by atomic mass is 10.1. The molecule has 3 rings (SSSR count). The Morgan fingerprint density at radius 2 is 2.30 bits per heavy atom. The van der Waals surface area contributed by atoms with Crippen molar-refractivity contribution in [3.63, 3.8) is 0 Å². The van der Waals surface area contributed by atoms with Gasteiger partial charge in [-0.2, -0.15) is 0 Å². The minimum Gasteiger partial charge on any atom is -0.408 e. The van der Waals surface area contributed by atoms with Crippen molar-refractivity contribution in [2.75, 3.05) is 13.1 Å². The molecule has 0 bridgehead atoms. The summed E-state index contributed by atoms with van der Waals surface area (Å²) in [6.07, 6.45) is 0.741. The average molecular weight is 340 g/mol. The van der Waals surface area contributed by atoms with Crippen LogP contribution in [0.15, 0.2) is 31.9 Å². The average Bonchev–Trinajstić information content (AvgIpc) is 2.96. The summed E-state index contributed by atoms with van der Waals surface area (Å²) < 4.78 is 7.66. The van der Waals surface area contributed by atoms with Crippen molar-refractivity contribution in [1.82, 2.24) is 9.47 Å². The predicted octanol–water partition coefficient (Wildman–Crippen LogP) is 1.12. The maximum absolute atomic E-state index is 11.9. The largest absolute Gasteiger partial charge is 0.421 e. The van der Waals surface area contributed by atoms with Gasteiger partial charge in [0, 0.05) is 17.6 Å². The van der Waals surface area contributed by atoms with Gasteiger partial charge in [0.25, 0.3) is 0 Å². The van der Waals surface area contributed by atoms with Crippen LogP contribution >= 0.6 is 15.9 Å². The molecular weight excluding hydrogens is 326 g/mol. The molecule has 1 aliphatic heterocycles. The third-order valence-corrected chi connectivity index (χ3v) is 4.14. The molecule has 1 unspecified atom stereocenters. The topological polar surface area (TPSA) is 81.5 Å². The van der Waals surface area contributed by atoms with E-state index in [4.69, 9.17) is 10.2 Å². The van der Waals surface area contributed by atoms with E-state index in [9.17, 15) is 9.59 Å². The number of amides is 1. The first-order valence-electron chi connectivity index (χ1n) is 6.35. The molecule has 6 nitrogen and oxygen atoms in total. The molecule has 1 saturated heterocycles. The number of hydrogen-bond donors (Lipinski definition) is 1. The summed E-state index contributed by atoms with van der Waals surface area (Å²) >= 11 is 3.35. The number of aromatic nitrogens is 1. The second kappa shape index (κ2) is 5.06. The quantitative estimate of drug-likeness (QED) is 0.908. The Bertz CT molecular complexity index is 721. The van der Waals surface area contributed by atoms with Gasteiger partial charge >= 0.3 is 5.76 Å². The number of fused-ring (bicyclic) bond motifs is 1. The smallest absolute Gasteiger partial charge is 0.408 e. The second-order valence-corrected chi connectivity index (χ2v) is 5.93. The third-order valence-electron chi connectivity index (χ3n) is 3.65. The van der Waals surface area contributed by atoms with Gasteiger partial charge in [0.2, 0.25) is 5.91 Å². The van der Waals surface area contributed by atoms with Crippen molar-refractivity contribution in [1.29, 1.82) is 0 Å². The molecular formula is C13H14BrN3O3. The highest BCUT2D eigenvalue weighted by molar-refractivity contribution is 9.10. The molecule has 20 heavy (non-hydrogen) atoms. The van der Waals surface area contributed by atoms with Gasteiger partial charge in [-0.25, -0.2) is 4.79 Å². The van der Waals surface area contributed by atoms with Crippen molar-refractivity contribution in [2.24, 2.45) is 11.7 Å². The van der Waals surface area contributed by atoms with E-state index in [1.54, 1.807) is 10.6 Å². The fraction of sp³-hybridized carbons (Fsp3) is 0.385. The molecule has 0 radical (unpaired) electrons. The molecule has 2 heterocycles. The zero-order chi connectivity index (χ0) is 14.3. The SMILES string of the molecule is NC(=O)C1CCN(Cn2c(=O)oc3cc(Br)ccc32)C1. The van der Waals surface area contributed by atoms with Crippen LogP contribution in [0.25, 0.3) is 11.1 Å². The molecule has 1 fully saturated rings. The van der Waals surface area contributed by atoms with E-state index < -0.39 is 0 Å². The van der Waals surface area contributed by atoms with Gasteiger partial charge < -0.3 is 10.2 Å². The fourth-order valence-electron chi connectivity index (χ4n) is 2.57. The van der Waals surface area contributed by atoms with Gasteiger partial charge in [-0.05, 0) is 24.6 Å². The molecule has 0 spiro atoms. The fourth-order valence-corrected chi connectivity index (χ4v) is 2.91. The number of rotatable bonds is 3. The summed E-state index contributed by atoms with van der Waals surface area (Å²) in [6.45, 7) is 1.76. The number of likely N-dealkylation sites (tertiary alicyclic amines) is 1. The van der Waals surface area contributed by atoms with Crippen molar-refractivity contribution < 1.29 is 9.21 Å². The lowest BCUT2D eigenvalue weighted by Crippen LogP contribution is -2.31. The number of nitrogens with zero attached hydrogens (tertiary/aromatic N) is 2. The zero-order valence-electron chi connectivity index (χ0n) is 10.7. The van der Waals surface area contributed by atoms with Gasteiger partial charge in [0.15, 0.2) is 5.58 Å². The van der Waals surface area contributed by atoms with E-state index in [1.807, 2.05) is 17.0 Å². The van der Waals surface area contributed by atoms with Crippen LogP contribution in [0.4, 0.5) is 0 Å². The number of benzene rings is 1. The van der Waals surface area contributed by atoms with E-state index in [-0.39, 0.29) is 17.6 Å². The first kappa shape index (κ1) is 13.4. The first-order chi connectivity index (χ1) is 9.54. The number of hydrogen-bond acceptors (Lipinski definition) is 4. The van der Waals surface area contributed by atoms with Crippen LogP contribution in [0.5, 0.6) is 0 Å². The van der Waals surface area contributed by atoms with Crippen LogP contribution in [-0.4, -0.2) is 28.5 Å². The number of oxazole rings is 1. The lowest BCUT2D eigenvalue weighted by Gasteiger charge is -2.15. The van der Waals surface area contributed by atoms with E-state index in [2.05, 4.69) is 15.9 Å². The van der Waals surface area contributed by atoms with Crippen LogP contribution in [0, 0.1) is 5.92 Å². The molecule has 7 heteroatoms. The minimum absolute atomic E-state index is 0.127. The highest BCUT2D eigenvalue weighted by Gasteiger charge is 2.27. The Hall–Kier alpha value is -1.60. The van der Waals surface area contributed by atoms with Crippen molar-refractivity contribution in [3.05, 3.63) is 33.2 Å². The Morgan fingerprint density at radius 3 is 3.00 bits per heavy atom. The highest BCUT2D eigenvalue weighted by atomic mass is 79.9. The van der Waals surface area contributed by atoms with Crippen molar-refractivity contribution in [2.45, 2.75) is 13.1 Å². The van der Waals surface area contributed by atoms with Crippen molar-refractivity contribution in [3.8, 4) is 0 Å². The number of carbonyl (C=O) groups excluding carboxylic acids is 1. The van der Waals surface area contributed by atoms with Crippen LogP contribution in [0.2, 0.25) is 0 Å². The summed E-state index contributed by atoms with van der Waals surface area (Å²) in [4.78, 5) is 25.1. The van der Waals surface area contributed by atoms with Crippen molar-refractivity contribution >= 4 is 32.9 Å². The van der Waals surface area contributed by atoms with Crippen LogP contribution in [0.1, 0.15) is 6.42 Å². The zero-order valence-corrected chi connectivity index (χ0v) is 12.3. The minimum atomic E-state index is -0.388. The second-order valence-electron chi connectivity index (χ2n) is 5.01. The van der Waals surface area contributed by atoms with Gasteiger partial charge in [0.05, 0.1) is 18.1 Å². The predicted molar refractivity (Wildman–Crippen MR) is 77.0 cm³/mol. The van der Waals surface area contributed by atoms with Gasteiger partial charge in [0.1, 0.15) is 0 Å². The standard InChI is InChI=1S/C13H14BrN3O3/c14-9-1-2-10-11(5-9)20-13(19)17(10)7-16-4-3-8(6-16)12(15)18/h1-2,5,8H,3-4,6-7H2,(H2,15,18). The number of carbonyl (C=O) groups is 1. The lowest BCUT2D eigenvalue weighted by molar-refractivity contribution is -0.121. The summed E-state index contributed by atoms with van der Waals surface area (Å²) in [7, 11) is 0.